The number of methoxy groups -OCH3 is 1. The summed E-state index contributed by atoms with van der Waals surface area (Å²) in [5, 5.41) is 3.31. The molecule has 20 heavy (non-hydrogen) atoms. The fraction of sp³-hybridized carbons (Fsp3) is 0.714. The van der Waals surface area contributed by atoms with Crippen LogP contribution in [0.1, 0.15) is 26.2 Å². The second-order valence-electron chi connectivity index (χ2n) is 5.50. The van der Waals surface area contributed by atoms with Crippen molar-refractivity contribution in [3.05, 3.63) is 6.07 Å². The normalized spacial score (nSPS) is 17.7. The Morgan fingerprint density at radius 3 is 2.80 bits per heavy atom. The van der Waals surface area contributed by atoms with Crippen molar-refractivity contribution in [3.8, 4) is 5.88 Å². The van der Waals surface area contributed by atoms with Crippen molar-refractivity contribution in [2.45, 2.75) is 26.2 Å². The molecule has 1 unspecified atom stereocenters. The van der Waals surface area contributed by atoms with Crippen molar-refractivity contribution in [1.29, 1.82) is 0 Å². The van der Waals surface area contributed by atoms with Gasteiger partial charge in [-0.25, -0.2) is 0 Å². The molecule has 1 fully saturated rings. The third kappa shape index (κ3) is 4.52. The molecule has 0 amide bonds. The first-order chi connectivity index (χ1) is 9.67. The molecule has 0 bridgehead atoms. The van der Waals surface area contributed by atoms with Gasteiger partial charge in [0.1, 0.15) is 5.82 Å². The number of rotatable bonds is 6. The Bertz CT molecular complexity index is 420. The maximum Gasteiger partial charge on any atom is 0.225 e. The summed E-state index contributed by atoms with van der Waals surface area (Å²) in [6, 6.07) is 1.77. The highest BCUT2D eigenvalue weighted by Crippen LogP contribution is 2.15. The van der Waals surface area contributed by atoms with E-state index in [0.29, 0.717) is 11.8 Å². The average Bonchev–Trinajstić information content (AvgIpc) is 2.45. The Labute approximate surface area is 120 Å². The minimum atomic E-state index is 0.232. The predicted molar refractivity (Wildman–Crippen MR) is 80.9 cm³/mol. The summed E-state index contributed by atoms with van der Waals surface area (Å²) in [5.41, 5.74) is 5.64. The second-order valence-corrected chi connectivity index (χ2v) is 5.50. The van der Waals surface area contributed by atoms with Gasteiger partial charge in [0, 0.05) is 19.2 Å². The first kappa shape index (κ1) is 14.8. The van der Waals surface area contributed by atoms with Crippen molar-refractivity contribution in [2.75, 3.05) is 44.3 Å². The summed E-state index contributed by atoms with van der Waals surface area (Å²) in [6.45, 7) is 6.72. The van der Waals surface area contributed by atoms with Gasteiger partial charge < -0.3 is 20.7 Å². The predicted octanol–water partition coefficient (Wildman–Crippen LogP) is 1.60. The van der Waals surface area contributed by atoms with E-state index in [1.54, 1.807) is 13.2 Å². The number of piperidine rings is 1. The first-order valence-electron chi connectivity index (χ1n) is 7.32. The lowest BCUT2D eigenvalue weighted by Gasteiger charge is -2.29. The third-order valence-corrected chi connectivity index (χ3v) is 3.58. The summed E-state index contributed by atoms with van der Waals surface area (Å²) < 4.78 is 5.08. The Hall–Kier alpha value is -1.56. The van der Waals surface area contributed by atoms with Gasteiger partial charge in [-0.3, -0.25) is 0 Å². The van der Waals surface area contributed by atoms with Crippen LogP contribution in [0.3, 0.4) is 0 Å². The maximum absolute atomic E-state index is 5.64. The van der Waals surface area contributed by atoms with Crippen LogP contribution in [0.2, 0.25) is 0 Å². The molecule has 0 radical (unpaired) electrons. The van der Waals surface area contributed by atoms with E-state index in [2.05, 4.69) is 27.1 Å². The summed E-state index contributed by atoms with van der Waals surface area (Å²) in [6.07, 6.45) is 4.04. The zero-order valence-corrected chi connectivity index (χ0v) is 12.4. The number of aromatic nitrogens is 2. The van der Waals surface area contributed by atoms with Crippen LogP contribution < -0.4 is 15.8 Å². The van der Waals surface area contributed by atoms with Gasteiger partial charge in [0.2, 0.25) is 11.8 Å². The number of nitrogens with zero attached hydrogens (tertiary/aromatic N) is 3. The number of ether oxygens (including phenoxy) is 1. The molecule has 0 spiro atoms. The van der Waals surface area contributed by atoms with E-state index in [1.807, 2.05) is 0 Å². The molecule has 6 heteroatoms. The van der Waals surface area contributed by atoms with Crippen molar-refractivity contribution < 1.29 is 4.74 Å². The zero-order chi connectivity index (χ0) is 14.4. The summed E-state index contributed by atoms with van der Waals surface area (Å²) in [7, 11) is 1.57. The van der Waals surface area contributed by atoms with Gasteiger partial charge in [-0.05, 0) is 31.8 Å². The lowest BCUT2D eigenvalue weighted by Crippen LogP contribution is -2.35. The van der Waals surface area contributed by atoms with E-state index in [0.717, 1.165) is 18.9 Å². The van der Waals surface area contributed by atoms with Crippen LogP contribution in [0.15, 0.2) is 6.07 Å². The van der Waals surface area contributed by atoms with Crippen LogP contribution in [0, 0.1) is 5.92 Å². The Morgan fingerprint density at radius 1 is 1.35 bits per heavy atom. The largest absolute Gasteiger partial charge is 0.481 e. The number of anilines is 2. The van der Waals surface area contributed by atoms with Crippen LogP contribution in [0.4, 0.5) is 11.8 Å². The van der Waals surface area contributed by atoms with Gasteiger partial charge >= 0.3 is 0 Å². The second kappa shape index (κ2) is 7.28. The molecule has 1 aliphatic heterocycles. The molecule has 0 saturated carbocycles. The van der Waals surface area contributed by atoms with Crippen LogP contribution in [-0.4, -0.2) is 48.2 Å². The molecular weight excluding hydrogens is 254 g/mol. The van der Waals surface area contributed by atoms with Gasteiger partial charge in [-0.2, -0.15) is 9.97 Å². The lowest BCUT2D eigenvalue weighted by molar-refractivity contribution is 0.204. The number of hydrogen-bond donors (Lipinski definition) is 2. The Kier molecular flexibility index (Phi) is 5.40. The maximum atomic E-state index is 5.64. The van der Waals surface area contributed by atoms with Crippen molar-refractivity contribution in [3.63, 3.8) is 0 Å². The molecule has 0 aromatic carbocycles. The van der Waals surface area contributed by atoms with E-state index in [-0.39, 0.29) is 5.95 Å². The highest BCUT2D eigenvalue weighted by Gasteiger charge is 2.13. The van der Waals surface area contributed by atoms with E-state index < -0.39 is 0 Å². The molecule has 3 N–H and O–H groups in total. The van der Waals surface area contributed by atoms with Crippen molar-refractivity contribution in [1.82, 2.24) is 14.9 Å². The monoisotopic (exact) mass is 279 g/mol. The molecule has 1 aromatic heterocycles. The van der Waals surface area contributed by atoms with Gasteiger partial charge in [0.15, 0.2) is 0 Å². The molecule has 112 valence electrons. The van der Waals surface area contributed by atoms with Crippen LogP contribution in [0.5, 0.6) is 5.88 Å². The molecule has 6 nitrogen and oxygen atoms in total. The fourth-order valence-corrected chi connectivity index (χ4v) is 2.56. The van der Waals surface area contributed by atoms with E-state index in [1.165, 1.54) is 32.4 Å². The van der Waals surface area contributed by atoms with Gasteiger partial charge in [-0.1, -0.05) is 13.3 Å². The van der Waals surface area contributed by atoms with Crippen molar-refractivity contribution >= 4 is 11.8 Å². The minimum Gasteiger partial charge on any atom is -0.481 e. The smallest absolute Gasteiger partial charge is 0.225 e. The van der Waals surface area contributed by atoms with Crippen LogP contribution >= 0.6 is 0 Å². The SMILES string of the molecule is COc1cc(NCC(C)CN2CCCCC2)nc(N)n1. The summed E-state index contributed by atoms with van der Waals surface area (Å²) >= 11 is 0. The quantitative estimate of drug-likeness (QED) is 0.824. The molecule has 0 aliphatic carbocycles. The minimum absolute atomic E-state index is 0.232. The highest BCUT2D eigenvalue weighted by atomic mass is 16.5. The van der Waals surface area contributed by atoms with Crippen molar-refractivity contribution in [2.24, 2.45) is 5.92 Å². The van der Waals surface area contributed by atoms with E-state index in [4.69, 9.17) is 10.5 Å². The van der Waals surface area contributed by atoms with Crippen LogP contribution in [-0.2, 0) is 0 Å². The molecular formula is C14H25N5O. The summed E-state index contributed by atoms with van der Waals surface area (Å²) in [4.78, 5) is 10.7. The highest BCUT2D eigenvalue weighted by molar-refractivity contribution is 5.42. The Morgan fingerprint density at radius 2 is 2.10 bits per heavy atom. The number of hydrogen-bond acceptors (Lipinski definition) is 6. The summed E-state index contributed by atoms with van der Waals surface area (Å²) in [5.74, 6) is 2.01. The topological polar surface area (TPSA) is 76.3 Å². The van der Waals surface area contributed by atoms with E-state index >= 15 is 0 Å². The molecule has 1 saturated heterocycles. The standard InChI is InChI=1S/C14H25N5O/c1-11(10-19-6-4-3-5-7-19)9-16-12-8-13(20-2)18-14(15)17-12/h8,11H,3-7,9-10H2,1-2H3,(H3,15,16,17,18). The number of likely N-dealkylation sites (tertiary alicyclic amines) is 1. The number of nitrogen functional groups attached to an aromatic ring is 1. The van der Waals surface area contributed by atoms with Gasteiger partial charge in [-0.15, -0.1) is 0 Å². The molecule has 1 atom stereocenters. The lowest BCUT2D eigenvalue weighted by atomic mass is 10.1. The molecule has 1 aliphatic rings. The molecule has 1 aromatic rings. The number of nitrogens with one attached hydrogen (secondary N) is 1. The zero-order valence-electron chi connectivity index (χ0n) is 12.4. The van der Waals surface area contributed by atoms with Crippen LogP contribution in [0.25, 0.3) is 0 Å². The Balaban J connectivity index is 1.80. The number of nitrogens with two attached hydrogens (primary N) is 1. The fourth-order valence-electron chi connectivity index (χ4n) is 2.56. The third-order valence-electron chi connectivity index (χ3n) is 3.58. The van der Waals surface area contributed by atoms with E-state index in [9.17, 15) is 0 Å². The van der Waals surface area contributed by atoms with Gasteiger partial charge in [0.05, 0.1) is 7.11 Å². The average molecular weight is 279 g/mol. The molecule has 2 heterocycles. The van der Waals surface area contributed by atoms with Gasteiger partial charge in [0.25, 0.3) is 0 Å². The molecule has 2 rings (SSSR count). The first-order valence-corrected chi connectivity index (χ1v) is 7.32.